The molecule has 23 heavy (non-hydrogen) atoms. The first-order valence-corrected chi connectivity index (χ1v) is 10.3. The molecule has 0 radical (unpaired) electrons. The van der Waals surface area contributed by atoms with Gasteiger partial charge in [0.1, 0.15) is 0 Å². The molecule has 0 aliphatic carbocycles. The molecule has 132 valence electrons. The van der Waals surface area contributed by atoms with E-state index in [9.17, 15) is 0 Å². The van der Waals surface area contributed by atoms with Crippen LogP contribution in [0.15, 0.2) is 4.99 Å². The maximum Gasteiger partial charge on any atom is 0.193 e. The van der Waals surface area contributed by atoms with Crippen LogP contribution in [0.25, 0.3) is 0 Å². The smallest absolute Gasteiger partial charge is 0.193 e. The summed E-state index contributed by atoms with van der Waals surface area (Å²) in [6, 6.07) is 0. The first-order valence-electron chi connectivity index (χ1n) is 9.15. The van der Waals surface area contributed by atoms with E-state index in [2.05, 4.69) is 31.9 Å². The molecule has 0 saturated carbocycles. The van der Waals surface area contributed by atoms with Gasteiger partial charge in [0.05, 0.1) is 6.61 Å². The number of nitrogens with one attached hydrogen (secondary N) is 1. The Morgan fingerprint density at radius 3 is 2.78 bits per heavy atom. The normalized spacial score (nSPS) is 30.7. The van der Waals surface area contributed by atoms with Gasteiger partial charge in [-0.05, 0) is 25.7 Å². The molecular formula is C17H32N4OS. The lowest BCUT2D eigenvalue weighted by molar-refractivity contribution is -0.0370. The third-order valence-corrected chi connectivity index (χ3v) is 6.33. The molecule has 1 atom stereocenters. The number of piperidine rings is 1. The summed E-state index contributed by atoms with van der Waals surface area (Å²) in [7, 11) is 1.92. The van der Waals surface area contributed by atoms with Crippen molar-refractivity contribution in [3.8, 4) is 0 Å². The number of rotatable bonds is 3. The second-order valence-corrected chi connectivity index (χ2v) is 8.33. The van der Waals surface area contributed by atoms with Gasteiger partial charge in [0.15, 0.2) is 5.96 Å². The van der Waals surface area contributed by atoms with Crippen LogP contribution in [0.5, 0.6) is 0 Å². The van der Waals surface area contributed by atoms with Crippen molar-refractivity contribution < 1.29 is 4.74 Å². The zero-order chi connectivity index (χ0) is 16.0. The Morgan fingerprint density at radius 2 is 2.04 bits per heavy atom. The number of ether oxygens (including phenoxy) is 1. The molecule has 3 fully saturated rings. The van der Waals surface area contributed by atoms with E-state index in [1.165, 1.54) is 50.3 Å². The molecule has 3 saturated heterocycles. The predicted molar refractivity (Wildman–Crippen MR) is 98.4 cm³/mol. The molecule has 0 aromatic carbocycles. The minimum Gasteiger partial charge on any atom is -0.381 e. The van der Waals surface area contributed by atoms with Gasteiger partial charge in [0, 0.05) is 69.8 Å². The number of thioether (sulfide) groups is 1. The lowest BCUT2D eigenvalue weighted by Crippen LogP contribution is -2.53. The molecule has 0 aromatic rings. The van der Waals surface area contributed by atoms with Gasteiger partial charge in [0.2, 0.25) is 0 Å². The molecule has 3 aliphatic rings. The minimum atomic E-state index is 0.373. The molecule has 6 heteroatoms. The van der Waals surface area contributed by atoms with Gasteiger partial charge in [-0.3, -0.25) is 9.89 Å². The van der Waals surface area contributed by atoms with E-state index in [-0.39, 0.29) is 0 Å². The van der Waals surface area contributed by atoms with Gasteiger partial charge in [-0.1, -0.05) is 0 Å². The van der Waals surface area contributed by atoms with E-state index >= 15 is 0 Å². The second-order valence-electron chi connectivity index (χ2n) is 7.11. The van der Waals surface area contributed by atoms with Crippen molar-refractivity contribution in [1.29, 1.82) is 0 Å². The highest BCUT2D eigenvalue weighted by atomic mass is 32.2. The Bertz CT molecular complexity index is 387. The predicted octanol–water partition coefficient (Wildman–Crippen LogP) is 1.50. The van der Waals surface area contributed by atoms with Crippen molar-refractivity contribution in [2.75, 3.05) is 71.0 Å². The Morgan fingerprint density at radius 1 is 1.22 bits per heavy atom. The Labute approximate surface area is 145 Å². The number of hydrogen-bond donors (Lipinski definition) is 1. The Kier molecular flexibility index (Phi) is 6.48. The van der Waals surface area contributed by atoms with E-state index in [0.717, 1.165) is 45.4 Å². The first-order chi connectivity index (χ1) is 11.3. The van der Waals surface area contributed by atoms with Gasteiger partial charge >= 0.3 is 0 Å². The maximum absolute atomic E-state index is 5.79. The second kappa shape index (κ2) is 8.58. The fourth-order valence-corrected chi connectivity index (χ4v) is 5.08. The van der Waals surface area contributed by atoms with Gasteiger partial charge < -0.3 is 15.0 Å². The van der Waals surface area contributed by atoms with E-state index in [4.69, 9.17) is 4.74 Å². The summed E-state index contributed by atoms with van der Waals surface area (Å²) in [6.07, 6.45) is 5.10. The largest absolute Gasteiger partial charge is 0.381 e. The summed E-state index contributed by atoms with van der Waals surface area (Å²) < 4.78 is 5.79. The zero-order valence-electron chi connectivity index (χ0n) is 14.6. The van der Waals surface area contributed by atoms with Crippen LogP contribution in [-0.4, -0.2) is 86.8 Å². The van der Waals surface area contributed by atoms with Crippen LogP contribution in [0.2, 0.25) is 0 Å². The van der Waals surface area contributed by atoms with E-state index in [0.29, 0.717) is 5.41 Å². The average Bonchev–Trinajstić information content (AvgIpc) is 2.60. The van der Waals surface area contributed by atoms with E-state index in [1.807, 2.05) is 7.05 Å². The van der Waals surface area contributed by atoms with Crippen molar-refractivity contribution in [3.63, 3.8) is 0 Å². The van der Waals surface area contributed by atoms with Crippen molar-refractivity contribution >= 4 is 17.7 Å². The molecule has 1 N–H and O–H groups in total. The first kappa shape index (κ1) is 17.4. The van der Waals surface area contributed by atoms with Crippen molar-refractivity contribution in [1.82, 2.24) is 15.1 Å². The SMILES string of the molecule is CN=C(NCCN1CCSCC1)N1CCCC2(CCCOC2)C1. The molecule has 1 unspecified atom stereocenters. The third-order valence-electron chi connectivity index (χ3n) is 5.39. The molecule has 0 aromatic heterocycles. The zero-order valence-corrected chi connectivity index (χ0v) is 15.4. The van der Waals surface area contributed by atoms with Crippen LogP contribution < -0.4 is 5.32 Å². The van der Waals surface area contributed by atoms with Gasteiger partial charge in [-0.2, -0.15) is 11.8 Å². The van der Waals surface area contributed by atoms with Crippen LogP contribution in [0, 0.1) is 5.41 Å². The van der Waals surface area contributed by atoms with E-state index in [1.54, 1.807) is 0 Å². The number of guanidine groups is 1. The lowest BCUT2D eigenvalue weighted by Gasteiger charge is -2.45. The van der Waals surface area contributed by atoms with Gasteiger partial charge in [-0.15, -0.1) is 0 Å². The standard InChI is InChI=1S/C17H32N4OS/c1-18-16(19-6-8-20-9-12-23-13-10-20)21-7-2-4-17(14-21)5-3-11-22-15-17/h2-15H2,1H3,(H,18,19). The summed E-state index contributed by atoms with van der Waals surface area (Å²) in [6.45, 7) is 8.70. The molecular weight excluding hydrogens is 308 g/mol. The molecule has 3 rings (SSSR count). The molecule has 0 amide bonds. The highest BCUT2D eigenvalue weighted by Crippen LogP contribution is 2.37. The average molecular weight is 341 g/mol. The molecule has 3 aliphatic heterocycles. The topological polar surface area (TPSA) is 40.1 Å². The molecule has 5 nitrogen and oxygen atoms in total. The van der Waals surface area contributed by atoms with Crippen LogP contribution in [0.4, 0.5) is 0 Å². The van der Waals surface area contributed by atoms with Crippen LogP contribution in [0.1, 0.15) is 25.7 Å². The third kappa shape index (κ3) is 4.77. The fourth-order valence-electron chi connectivity index (χ4n) is 4.10. The monoisotopic (exact) mass is 340 g/mol. The number of likely N-dealkylation sites (tertiary alicyclic amines) is 1. The summed E-state index contributed by atoms with van der Waals surface area (Å²) in [5.41, 5.74) is 0.373. The van der Waals surface area contributed by atoms with Crippen molar-refractivity contribution in [2.24, 2.45) is 10.4 Å². The lowest BCUT2D eigenvalue weighted by atomic mass is 9.76. The number of aliphatic imine (C=N–C) groups is 1. The highest BCUT2D eigenvalue weighted by Gasteiger charge is 2.38. The Hall–Kier alpha value is -0.460. The number of nitrogens with zero attached hydrogens (tertiary/aromatic N) is 3. The maximum atomic E-state index is 5.79. The van der Waals surface area contributed by atoms with Crippen molar-refractivity contribution in [3.05, 3.63) is 0 Å². The highest BCUT2D eigenvalue weighted by molar-refractivity contribution is 7.99. The molecule has 3 heterocycles. The molecule has 1 spiro atoms. The molecule has 0 bridgehead atoms. The van der Waals surface area contributed by atoms with Crippen LogP contribution in [-0.2, 0) is 4.74 Å². The van der Waals surface area contributed by atoms with Gasteiger partial charge in [-0.25, -0.2) is 0 Å². The van der Waals surface area contributed by atoms with E-state index < -0.39 is 0 Å². The number of hydrogen-bond acceptors (Lipinski definition) is 4. The summed E-state index contributed by atoms with van der Waals surface area (Å²) in [5.74, 6) is 3.65. The van der Waals surface area contributed by atoms with Crippen LogP contribution >= 0.6 is 11.8 Å². The summed E-state index contributed by atoms with van der Waals surface area (Å²) >= 11 is 2.07. The summed E-state index contributed by atoms with van der Waals surface area (Å²) in [4.78, 5) is 9.56. The summed E-state index contributed by atoms with van der Waals surface area (Å²) in [5, 5.41) is 3.60. The van der Waals surface area contributed by atoms with Crippen LogP contribution in [0.3, 0.4) is 0 Å². The fraction of sp³-hybridized carbons (Fsp3) is 0.941. The van der Waals surface area contributed by atoms with Crippen molar-refractivity contribution in [2.45, 2.75) is 25.7 Å². The Balaban J connectivity index is 1.47. The van der Waals surface area contributed by atoms with Gasteiger partial charge in [0.25, 0.3) is 0 Å². The minimum absolute atomic E-state index is 0.373. The quantitative estimate of drug-likeness (QED) is 0.623.